The van der Waals surface area contributed by atoms with Crippen LogP contribution in [0.1, 0.15) is 42.0 Å². The number of amides is 4. The van der Waals surface area contributed by atoms with Crippen LogP contribution in [-0.2, 0) is 30.3 Å². The summed E-state index contributed by atoms with van der Waals surface area (Å²) in [6.45, 7) is 2.97. The highest BCUT2D eigenvalue weighted by molar-refractivity contribution is 6.01. The Labute approximate surface area is 256 Å². The second-order valence-electron chi connectivity index (χ2n) is 10.5. The molecule has 4 N–H and O–H groups in total. The number of aryl methyl sites for hydroxylation is 1. The second kappa shape index (κ2) is 15.5. The minimum atomic E-state index is -0.569. The van der Waals surface area contributed by atoms with Crippen LogP contribution in [0.15, 0.2) is 66.7 Å². The fourth-order valence-corrected chi connectivity index (χ4v) is 4.88. The van der Waals surface area contributed by atoms with Crippen molar-refractivity contribution in [1.82, 2.24) is 5.32 Å². The van der Waals surface area contributed by atoms with E-state index in [1.807, 2.05) is 31.2 Å². The van der Waals surface area contributed by atoms with Crippen molar-refractivity contribution in [3.05, 3.63) is 83.4 Å². The van der Waals surface area contributed by atoms with E-state index in [1.165, 1.54) is 14.2 Å². The van der Waals surface area contributed by atoms with E-state index in [9.17, 15) is 19.2 Å². The largest absolute Gasteiger partial charge is 0.495 e. The maximum atomic E-state index is 12.8. The molecule has 0 radical (unpaired) electrons. The normalized spacial score (nSPS) is 13.7. The summed E-state index contributed by atoms with van der Waals surface area (Å²) in [5, 5.41) is 11.4. The van der Waals surface area contributed by atoms with Gasteiger partial charge in [0.2, 0.25) is 11.8 Å². The van der Waals surface area contributed by atoms with Crippen LogP contribution in [0.25, 0.3) is 0 Å². The summed E-state index contributed by atoms with van der Waals surface area (Å²) in [7, 11) is 2.80. The molecule has 1 unspecified atom stereocenters. The highest BCUT2D eigenvalue weighted by Gasteiger charge is 2.26. The lowest BCUT2D eigenvalue weighted by Gasteiger charge is -2.25. The number of methoxy groups -OCH3 is 2. The topological polar surface area (TPSA) is 144 Å². The fraction of sp³-hybridized carbons (Fsp3) is 0.333. The van der Waals surface area contributed by atoms with Gasteiger partial charge < -0.3 is 35.5 Å². The number of carbonyl (C=O) groups excluding carboxylic acids is 4. The molecule has 1 aliphatic rings. The predicted molar refractivity (Wildman–Crippen MR) is 167 cm³/mol. The number of anilines is 3. The van der Waals surface area contributed by atoms with Gasteiger partial charge in [-0.25, -0.2) is 4.79 Å². The van der Waals surface area contributed by atoms with Crippen LogP contribution in [0.2, 0.25) is 0 Å². The number of nitrogens with one attached hydrogen (secondary N) is 4. The molecule has 44 heavy (non-hydrogen) atoms. The van der Waals surface area contributed by atoms with Crippen molar-refractivity contribution in [1.29, 1.82) is 0 Å². The summed E-state index contributed by atoms with van der Waals surface area (Å²) in [6.07, 6.45) is 1.32. The van der Waals surface area contributed by atoms with E-state index >= 15 is 0 Å². The summed E-state index contributed by atoms with van der Waals surface area (Å²) in [5.74, 6) is -0.566. The number of benzene rings is 3. The molecule has 4 amide bonds. The Morgan fingerprint density at radius 1 is 0.886 bits per heavy atom. The van der Waals surface area contributed by atoms with E-state index in [1.54, 1.807) is 42.5 Å². The molecule has 0 aromatic heterocycles. The van der Waals surface area contributed by atoms with Crippen LogP contribution >= 0.6 is 0 Å². The summed E-state index contributed by atoms with van der Waals surface area (Å²) in [5.41, 5.74) is 4.06. The molecule has 232 valence electrons. The van der Waals surface area contributed by atoms with E-state index < -0.39 is 18.0 Å². The van der Waals surface area contributed by atoms with Gasteiger partial charge in [-0.2, -0.15) is 0 Å². The van der Waals surface area contributed by atoms with E-state index in [0.717, 1.165) is 5.56 Å². The average Bonchev–Trinajstić information content (AvgIpc) is 3.03. The molecule has 11 heteroatoms. The van der Waals surface area contributed by atoms with E-state index in [2.05, 4.69) is 21.3 Å². The van der Waals surface area contributed by atoms with Gasteiger partial charge >= 0.3 is 12.0 Å². The Bertz CT molecular complexity index is 1470. The third-order valence-electron chi connectivity index (χ3n) is 7.38. The van der Waals surface area contributed by atoms with Gasteiger partial charge in [0.15, 0.2) is 0 Å². The van der Waals surface area contributed by atoms with Crippen molar-refractivity contribution in [2.45, 2.75) is 38.6 Å². The summed E-state index contributed by atoms with van der Waals surface area (Å²) >= 11 is 0. The van der Waals surface area contributed by atoms with Crippen LogP contribution < -0.4 is 26.0 Å². The molecule has 1 saturated heterocycles. The first-order valence-electron chi connectivity index (χ1n) is 14.4. The summed E-state index contributed by atoms with van der Waals surface area (Å²) in [4.78, 5) is 50.3. The van der Waals surface area contributed by atoms with Crippen molar-refractivity contribution < 1.29 is 33.4 Å². The van der Waals surface area contributed by atoms with Crippen LogP contribution in [0.5, 0.6) is 5.75 Å². The number of carbonyl (C=O) groups is 4. The molecule has 1 atom stereocenters. The minimum absolute atomic E-state index is 0.0165. The number of para-hydroxylation sites is 1. The Hall–Kier alpha value is -4.90. The van der Waals surface area contributed by atoms with Crippen molar-refractivity contribution in [2.75, 3.05) is 43.4 Å². The maximum absolute atomic E-state index is 12.8. The van der Waals surface area contributed by atoms with Crippen molar-refractivity contribution in [2.24, 2.45) is 5.92 Å². The van der Waals surface area contributed by atoms with Gasteiger partial charge in [-0.15, -0.1) is 0 Å². The number of urea groups is 1. The Balaban J connectivity index is 1.35. The fourth-order valence-electron chi connectivity index (χ4n) is 4.88. The van der Waals surface area contributed by atoms with Crippen molar-refractivity contribution >= 4 is 40.9 Å². The smallest absolute Gasteiger partial charge is 0.323 e. The molecule has 4 rings (SSSR count). The Kier molecular flexibility index (Phi) is 11.3. The zero-order chi connectivity index (χ0) is 31.5. The SMILES string of the molecule is COC(=O)CC(NC(=O)C1CCOCC1)c1ccc(NC(=O)Cc2ccc(NC(=O)Nc3ccccc3C)c(OC)c2)cc1. The second-order valence-corrected chi connectivity index (χ2v) is 10.5. The van der Waals surface area contributed by atoms with Crippen LogP contribution in [-0.4, -0.2) is 51.2 Å². The molecule has 0 spiro atoms. The lowest BCUT2D eigenvalue weighted by atomic mass is 9.97. The quantitative estimate of drug-likeness (QED) is 0.227. The highest BCUT2D eigenvalue weighted by Crippen LogP contribution is 2.27. The van der Waals surface area contributed by atoms with Crippen LogP contribution in [0, 0.1) is 12.8 Å². The van der Waals surface area contributed by atoms with Gasteiger partial charge in [0.1, 0.15) is 5.75 Å². The summed E-state index contributed by atoms with van der Waals surface area (Å²) in [6, 6.07) is 18.6. The number of rotatable bonds is 11. The lowest BCUT2D eigenvalue weighted by Crippen LogP contribution is -2.37. The Morgan fingerprint density at radius 2 is 1.59 bits per heavy atom. The first kappa shape index (κ1) is 32.0. The van der Waals surface area contributed by atoms with Gasteiger partial charge in [0.25, 0.3) is 0 Å². The van der Waals surface area contributed by atoms with Gasteiger partial charge in [0.05, 0.1) is 38.8 Å². The molecule has 0 aliphatic carbocycles. The minimum Gasteiger partial charge on any atom is -0.495 e. The van der Waals surface area contributed by atoms with Crippen LogP contribution in [0.3, 0.4) is 0 Å². The average molecular weight is 603 g/mol. The molecule has 1 fully saturated rings. The first-order valence-corrected chi connectivity index (χ1v) is 14.4. The van der Waals surface area contributed by atoms with E-state index in [-0.39, 0.29) is 30.6 Å². The zero-order valence-electron chi connectivity index (χ0n) is 25.1. The molecule has 3 aromatic rings. The zero-order valence-corrected chi connectivity index (χ0v) is 25.1. The number of hydrogen-bond acceptors (Lipinski definition) is 7. The van der Waals surface area contributed by atoms with Crippen LogP contribution in [0.4, 0.5) is 21.9 Å². The molecule has 1 heterocycles. The molecule has 1 aliphatic heterocycles. The summed E-state index contributed by atoms with van der Waals surface area (Å²) < 4.78 is 15.6. The van der Waals surface area contributed by atoms with Gasteiger partial charge in [-0.05, 0) is 66.8 Å². The lowest BCUT2D eigenvalue weighted by molar-refractivity contribution is -0.141. The Morgan fingerprint density at radius 3 is 2.27 bits per heavy atom. The standard InChI is InChI=1S/C33H38N4O7/c1-21-6-4-5-7-26(21)36-33(41)37-27-13-8-22(18-29(27)42-2)19-30(38)34-25-11-9-23(10-12-25)28(20-31(39)43-3)35-32(40)24-14-16-44-17-15-24/h4-13,18,24,28H,14-17,19-20H2,1-3H3,(H,34,38)(H,35,40)(H2,36,37,41). The molecule has 11 nitrogen and oxygen atoms in total. The number of hydrogen-bond donors (Lipinski definition) is 4. The van der Waals surface area contributed by atoms with Gasteiger partial charge in [-0.1, -0.05) is 36.4 Å². The van der Waals surface area contributed by atoms with E-state index in [0.29, 0.717) is 60.0 Å². The van der Waals surface area contributed by atoms with Gasteiger partial charge in [-0.3, -0.25) is 14.4 Å². The third-order valence-corrected chi connectivity index (χ3v) is 7.38. The first-order chi connectivity index (χ1) is 21.2. The number of ether oxygens (including phenoxy) is 3. The monoisotopic (exact) mass is 602 g/mol. The highest BCUT2D eigenvalue weighted by atomic mass is 16.5. The third kappa shape index (κ3) is 9.05. The maximum Gasteiger partial charge on any atom is 0.323 e. The van der Waals surface area contributed by atoms with Crippen molar-refractivity contribution in [3.63, 3.8) is 0 Å². The molecule has 0 bridgehead atoms. The van der Waals surface area contributed by atoms with Crippen molar-refractivity contribution in [3.8, 4) is 5.75 Å². The molecular formula is C33H38N4O7. The molecule has 0 saturated carbocycles. The number of esters is 1. The molecular weight excluding hydrogens is 564 g/mol. The molecule has 3 aromatic carbocycles. The predicted octanol–water partition coefficient (Wildman–Crippen LogP) is 4.98. The van der Waals surface area contributed by atoms with Gasteiger partial charge in [0, 0.05) is 30.5 Å². The van der Waals surface area contributed by atoms with E-state index in [4.69, 9.17) is 14.2 Å².